The van der Waals surface area contributed by atoms with Crippen molar-refractivity contribution < 1.29 is 9.21 Å². The van der Waals surface area contributed by atoms with Gasteiger partial charge < -0.3 is 20.4 Å². The summed E-state index contributed by atoms with van der Waals surface area (Å²) < 4.78 is 5.49. The molecule has 3 aromatic rings. The predicted molar refractivity (Wildman–Crippen MR) is 106 cm³/mol. The average Bonchev–Trinajstić information content (AvgIpc) is 3.09. The van der Waals surface area contributed by atoms with E-state index in [-0.39, 0.29) is 5.91 Å². The van der Waals surface area contributed by atoms with Crippen LogP contribution in [0.4, 0.5) is 23.1 Å². The summed E-state index contributed by atoms with van der Waals surface area (Å²) in [6.07, 6.45) is 3.31. The maximum atomic E-state index is 12.2. The van der Waals surface area contributed by atoms with Crippen LogP contribution in [0.25, 0.3) is 11.1 Å². The predicted octanol–water partition coefficient (Wildman–Crippen LogP) is 4.31. The molecule has 1 aliphatic rings. The molecule has 140 valence electrons. The van der Waals surface area contributed by atoms with Crippen LogP contribution < -0.4 is 16.0 Å². The van der Waals surface area contributed by atoms with Gasteiger partial charge in [0.1, 0.15) is 5.52 Å². The standard InChI is InChI=1S/C20H23N5O2/c1-4-8-21-17-16-14(7-9-27-16)24-19(25-17)22-13-6-5-12-11-20(2,3)18(26)23-15(12)10-13/h5-7,9-10H,4,8,11H2,1-3H3,(H,23,26)(H2,21,22,24,25). The van der Waals surface area contributed by atoms with Crippen LogP contribution in [0, 0.1) is 5.41 Å². The van der Waals surface area contributed by atoms with Gasteiger partial charge in [-0.3, -0.25) is 4.79 Å². The highest BCUT2D eigenvalue weighted by atomic mass is 16.3. The normalized spacial score (nSPS) is 15.3. The van der Waals surface area contributed by atoms with E-state index >= 15 is 0 Å². The van der Waals surface area contributed by atoms with Gasteiger partial charge in [0.05, 0.1) is 6.26 Å². The third-order valence-electron chi connectivity index (χ3n) is 4.71. The molecule has 0 saturated heterocycles. The monoisotopic (exact) mass is 365 g/mol. The zero-order chi connectivity index (χ0) is 19.0. The summed E-state index contributed by atoms with van der Waals surface area (Å²) in [5.74, 6) is 1.18. The smallest absolute Gasteiger partial charge is 0.230 e. The number of amides is 1. The fourth-order valence-corrected chi connectivity index (χ4v) is 3.18. The first-order valence-corrected chi connectivity index (χ1v) is 9.17. The highest BCUT2D eigenvalue weighted by Crippen LogP contribution is 2.35. The van der Waals surface area contributed by atoms with Gasteiger partial charge in [0, 0.05) is 29.4 Å². The number of hydrogen-bond donors (Lipinski definition) is 3. The van der Waals surface area contributed by atoms with Crippen molar-refractivity contribution in [3.63, 3.8) is 0 Å². The van der Waals surface area contributed by atoms with Crippen molar-refractivity contribution in [1.29, 1.82) is 0 Å². The Morgan fingerprint density at radius 1 is 1.26 bits per heavy atom. The Morgan fingerprint density at radius 2 is 2.11 bits per heavy atom. The molecule has 0 spiro atoms. The Morgan fingerprint density at radius 3 is 2.93 bits per heavy atom. The van der Waals surface area contributed by atoms with Crippen molar-refractivity contribution in [2.24, 2.45) is 5.41 Å². The van der Waals surface area contributed by atoms with Crippen LogP contribution in [0.2, 0.25) is 0 Å². The van der Waals surface area contributed by atoms with E-state index in [9.17, 15) is 4.79 Å². The van der Waals surface area contributed by atoms with E-state index in [0.29, 0.717) is 17.3 Å². The number of nitrogens with one attached hydrogen (secondary N) is 3. The van der Waals surface area contributed by atoms with Gasteiger partial charge in [-0.15, -0.1) is 0 Å². The molecule has 0 aliphatic carbocycles. The summed E-state index contributed by atoms with van der Waals surface area (Å²) in [6.45, 7) is 6.80. The van der Waals surface area contributed by atoms with Crippen LogP contribution in [0.3, 0.4) is 0 Å². The van der Waals surface area contributed by atoms with Crippen LogP contribution >= 0.6 is 0 Å². The molecule has 1 aromatic carbocycles. The number of rotatable bonds is 5. The lowest BCUT2D eigenvalue weighted by molar-refractivity contribution is -0.124. The van der Waals surface area contributed by atoms with Gasteiger partial charge >= 0.3 is 0 Å². The minimum atomic E-state index is -0.392. The highest BCUT2D eigenvalue weighted by molar-refractivity contribution is 5.98. The summed E-state index contributed by atoms with van der Waals surface area (Å²) in [5.41, 5.74) is 3.77. The molecule has 27 heavy (non-hydrogen) atoms. The molecule has 1 amide bonds. The number of hydrogen-bond acceptors (Lipinski definition) is 6. The molecular weight excluding hydrogens is 342 g/mol. The van der Waals surface area contributed by atoms with E-state index < -0.39 is 5.41 Å². The molecular formula is C20H23N5O2. The minimum absolute atomic E-state index is 0.0364. The highest BCUT2D eigenvalue weighted by Gasteiger charge is 2.33. The molecule has 2 aromatic heterocycles. The van der Waals surface area contributed by atoms with Crippen molar-refractivity contribution in [2.75, 3.05) is 22.5 Å². The average molecular weight is 365 g/mol. The number of carbonyl (C=O) groups excluding carboxylic acids is 1. The quantitative estimate of drug-likeness (QED) is 0.624. The summed E-state index contributed by atoms with van der Waals surface area (Å²) in [5, 5.41) is 9.50. The Kier molecular flexibility index (Phi) is 4.22. The summed E-state index contributed by atoms with van der Waals surface area (Å²) in [6, 6.07) is 7.75. The molecule has 7 heteroatoms. The van der Waals surface area contributed by atoms with E-state index in [1.807, 2.05) is 38.1 Å². The number of benzene rings is 1. The number of carbonyl (C=O) groups is 1. The molecule has 7 nitrogen and oxygen atoms in total. The molecule has 0 unspecified atom stereocenters. The third kappa shape index (κ3) is 3.32. The lowest BCUT2D eigenvalue weighted by Crippen LogP contribution is -2.37. The van der Waals surface area contributed by atoms with E-state index in [1.165, 1.54) is 0 Å². The topological polar surface area (TPSA) is 92.1 Å². The van der Waals surface area contributed by atoms with Gasteiger partial charge in [-0.2, -0.15) is 4.98 Å². The summed E-state index contributed by atoms with van der Waals surface area (Å²) >= 11 is 0. The van der Waals surface area contributed by atoms with E-state index in [4.69, 9.17) is 4.42 Å². The maximum absolute atomic E-state index is 12.2. The van der Waals surface area contributed by atoms with Crippen molar-refractivity contribution in [1.82, 2.24) is 9.97 Å². The molecule has 0 bridgehead atoms. The van der Waals surface area contributed by atoms with E-state index in [2.05, 4.69) is 32.8 Å². The summed E-state index contributed by atoms with van der Waals surface area (Å²) in [4.78, 5) is 21.3. The maximum Gasteiger partial charge on any atom is 0.230 e. The second-order valence-corrected chi connectivity index (χ2v) is 7.47. The lowest BCUT2D eigenvalue weighted by atomic mass is 9.81. The SMILES string of the molecule is CCCNc1nc(Nc2ccc3c(c2)NC(=O)C(C)(C)C3)nc2ccoc12. The van der Waals surface area contributed by atoms with Crippen LogP contribution in [-0.4, -0.2) is 22.4 Å². The first-order valence-electron chi connectivity index (χ1n) is 9.17. The van der Waals surface area contributed by atoms with Gasteiger partial charge in [0.25, 0.3) is 0 Å². The molecule has 0 atom stereocenters. The number of nitrogens with zero attached hydrogens (tertiary/aromatic N) is 2. The fraction of sp³-hybridized carbons (Fsp3) is 0.350. The minimum Gasteiger partial charge on any atom is -0.459 e. The Labute approximate surface area is 157 Å². The van der Waals surface area contributed by atoms with Gasteiger partial charge in [-0.25, -0.2) is 4.98 Å². The number of fused-ring (bicyclic) bond motifs is 2. The van der Waals surface area contributed by atoms with E-state index in [0.717, 1.165) is 41.8 Å². The largest absolute Gasteiger partial charge is 0.459 e. The van der Waals surface area contributed by atoms with Crippen molar-refractivity contribution in [2.45, 2.75) is 33.6 Å². The Hall–Kier alpha value is -3.09. The van der Waals surface area contributed by atoms with Crippen LogP contribution in [0.15, 0.2) is 34.9 Å². The first kappa shape index (κ1) is 17.3. The Balaban J connectivity index is 1.63. The first-order chi connectivity index (χ1) is 13.0. The van der Waals surface area contributed by atoms with Crippen LogP contribution in [0.1, 0.15) is 32.8 Å². The summed E-state index contributed by atoms with van der Waals surface area (Å²) in [7, 11) is 0. The van der Waals surface area contributed by atoms with Gasteiger partial charge in [-0.1, -0.05) is 26.8 Å². The molecule has 3 heterocycles. The molecule has 4 rings (SSSR count). The second-order valence-electron chi connectivity index (χ2n) is 7.47. The van der Waals surface area contributed by atoms with Crippen molar-refractivity contribution in [3.05, 3.63) is 36.1 Å². The molecule has 3 N–H and O–H groups in total. The molecule has 0 fully saturated rings. The van der Waals surface area contributed by atoms with Crippen molar-refractivity contribution >= 4 is 40.1 Å². The molecule has 1 aliphatic heterocycles. The fourth-order valence-electron chi connectivity index (χ4n) is 3.18. The van der Waals surface area contributed by atoms with Crippen molar-refractivity contribution in [3.8, 4) is 0 Å². The third-order valence-corrected chi connectivity index (χ3v) is 4.71. The molecule has 0 radical (unpaired) electrons. The number of anilines is 4. The second kappa shape index (κ2) is 6.57. The van der Waals surface area contributed by atoms with Crippen LogP contribution in [0.5, 0.6) is 0 Å². The van der Waals surface area contributed by atoms with E-state index in [1.54, 1.807) is 6.26 Å². The zero-order valence-corrected chi connectivity index (χ0v) is 15.7. The number of aromatic nitrogens is 2. The van der Waals surface area contributed by atoms with Gasteiger partial charge in [0.2, 0.25) is 11.9 Å². The number of furan rings is 1. The molecule has 0 saturated carbocycles. The van der Waals surface area contributed by atoms with Crippen LogP contribution in [-0.2, 0) is 11.2 Å². The van der Waals surface area contributed by atoms with Gasteiger partial charge in [-0.05, 0) is 30.5 Å². The van der Waals surface area contributed by atoms with Gasteiger partial charge in [0.15, 0.2) is 11.4 Å². The zero-order valence-electron chi connectivity index (χ0n) is 15.7. The lowest BCUT2D eigenvalue weighted by Gasteiger charge is -2.30. The Bertz CT molecular complexity index is 1010.